The Morgan fingerprint density at radius 2 is 1.96 bits per heavy atom. The zero-order valence-electron chi connectivity index (χ0n) is 13.9. The molecule has 0 spiro atoms. The van der Waals surface area contributed by atoms with E-state index in [9.17, 15) is 9.59 Å². The molecule has 0 atom stereocenters. The van der Waals surface area contributed by atoms with Crippen molar-refractivity contribution in [2.24, 2.45) is 0 Å². The third-order valence-corrected chi connectivity index (χ3v) is 3.55. The molecule has 1 aromatic heterocycles. The Labute approximate surface area is 149 Å². The quantitative estimate of drug-likeness (QED) is 0.705. The minimum Gasteiger partial charge on any atom is -0.482 e. The van der Waals surface area contributed by atoms with Crippen LogP contribution in [0.15, 0.2) is 54.9 Å². The second kappa shape index (κ2) is 7.47. The van der Waals surface area contributed by atoms with Crippen LogP contribution >= 0.6 is 0 Å². The summed E-state index contributed by atoms with van der Waals surface area (Å²) >= 11 is 0. The molecule has 2 N–H and O–H groups in total. The number of carbonyl (C=O) groups is 2. The van der Waals surface area contributed by atoms with E-state index in [1.54, 1.807) is 35.0 Å². The highest BCUT2D eigenvalue weighted by atomic mass is 16.5. The number of nitrogens with one attached hydrogen (secondary N) is 1. The number of carboxylic acid groups (broad SMARTS) is 1. The molecule has 0 saturated carbocycles. The van der Waals surface area contributed by atoms with Gasteiger partial charge in [0.15, 0.2) is 6.61 Å². The molecule has 0 unspecified atom stereocenters. The number of rotatable bonds is 6. The Hall–Kier alpha value is -3.68. The number of benzene rings is 2. The molecule has 1 amide bonds. The lowest BCUT2D eigenvalue weighted by atomic mass is 10.2. The highest BCUT2D eigenvalue weighted by molar-refractivity contribution is 6.04. The first kappa shape index (κ1) is 17.2. The Balaban J connectivity index is 1.69. The van der Waals surface area contributed by atoms with Gasteiger partial charge in [0.25, 0.3) is 5.91 Å². The van der Waals surface area contributed by atoms with Crippen molar-refractivity contribution < 1.29 is 19.4 Å². The van der Waals surface area contributed by atoms with E-state index in [0.29, 0.717) is 17.0 Å². The molecule has 3 rings (SSSR count). The molecule has 0 bridgehead atoms. The molecule has 3 aromatic rings. The first-order valence-corrected chi connectivity index (χ1v) is 7.76. The van der Waals surface area contributed by atoms with Gasteiger partial charge in [0.1, 0.15) is 17.9 Å². The molecular formula is C18H16N4O4. The fraction of sp³-hybridized carbons (Fsp3) is 0.111. The van der Waals surface area contributed by atoms with Crippen LogP contribution in [-0.4, -0.2) is 38.4 Å². The number of nitrogens with zero attached hydrogens (tertiary/aromatic N) is 3. The number of anilines is 1. The SMILES string of the molecule is Cc1ncnn1-c1ccc(NC(=O)c2cccc(OCC(=O)O)c2)cc1. The number of aryl methyl sites for hydroxylation is 1. The van der Waals surface area contributed by atoms with Crippen LogP contribution in [0, 0.1) is 6.92 Å². The highest BCUT2D eigenvalue weighted by Crippen LogP contribution is 2.17. The van der Waals surface area contributed by atoms with Crippen LogP contribution in [-0.2, 0) is 4.79 Å². The summed E-state index contributed by atoms with van der Waals surface area (Å²) in [7, 11) is 0. The van der Waals surface area contributed by atoms with E-state index in [1.165, 1.54) is 12.4 Å². The molecule has 1 heterocycles. The largest absolute Gasteiger partial charge is 0.482 e. The third-order valence-electron chi connectivity index (χ3n) is 3.55. The first-order valence-electron chi connectivity index (χ1n) is 7.76. The van der Waals surface area contributed by atoms with Gasteiger partial charge in [0.2, 0.25) is 0 Å². The van der Waals surface area contributed by atoms with E-state index in [1.807, 2.05) is 19.1 Å². The van der Waals surface area contributed by atoms with Crippen molar-refractivity contribution in [2.75, 3.05) is 11.9 Å². The monoisotopic (exact) mass is 352 g/mol. The normalized spacial score (nSPS) is 10.3. The van der Waals surface area contributed by atoms with Crippen LogP contribution in [0.2, 0.25) is 0 Å². The van der Waals surface area contributed by atoms with Gasteiger partial charge in [-0.3, -0.25) is 4.79 Å². The lowest BCUT2D eigenvalue weighted by Crippen LogP contribution is -2.13. The summed E-state index contributed by atoms with van der Waals surface area (Å²) in [6.07, 6.45) is 1.48. The Kier molecular flexibility index (Phi) is 4.93. The van der Waals surface area contributed by atoms with Gasteiger partial charge in [0, 0.05) is 11.3 Å². The average molecular weight is 352 g/mol. The summed E-state index contributed by atoms with van der Waals surface area (Å²) in [5.41, 5.74) is 1.82. The Bertz CT molecular complexity index is 934. The van der Waals surface area contributed by atoms with Crippen LogP contribution in [0.4, 0.5) is 5.69 Å². The second-order valence-corrected chi connectivity index (χ2v) is 5.43. The zero-order valence-corrected chi connectivity index (χ0v) is 13.9. The maximum Gasteiger partial charge on any atom is 0.341 e. The molecule has 132 valence electrons. The molecule has 0 saturated heterocycles. The number of hydrogen-bond acceptors (Lipinski definition) is 5. The van der Waals surface area contributed by atoms with Gasteiger partial charge >= 0.3 is 5.97 Å². The smallest absolute Gasteiger partial charge is 0.341 e. The van der Waals surface area contributed by atoms with Gasteiger partial charge in [-0.15, -0.1) is 0 Å². The van der Waals surface area contributed by atoms with Crippen molar-refractivity contribution in [1.82, 2.24) is 14.8 Å². The number of carboxylic acids is 1. The standard InChI is InChI=1S/C18H16N4O4/c1-12-19-11-20-22(12)15-7-5-14(6-8-15)21-18(25)13-3-2-4-16(9-13)26-10-17(23)24/h2-9,11H,10H2,1H3,(H,21,25)(H,23,24). The van der Waals surface area contributed by atoms with Crippen LogP contribution in [0.25, 0.3) is 5.69 Å². The second-order valence-electron chi connectivity index (χ2n) is 5.43. The highest BCUT2D eigenvalue weighted by Gasteiger charge is 2.09. The Morgan fingerprint density at radius 1 is 1.19 bits per heavy atom. The summed E-state index contributed by atoms with van der Waals surface area (Å²) in [4.78, 5) is 27.0. The van der Waals surface area contributed by atoms with Crippen molar-refractivity contribution in [3.63, 3.8) is 0 Å². The Morgan fingerprint density at radius 3 is 2.62 bits per heavy atom. The lowest BCUT2D eigenvalue weighted by molar-refractivity contribution is -0.139. The van der Waals surface area contributed by atoms with Gasteiger partial charge in [0.05, 0.1) is 5.69 Å². The van der Waals surface area contributed by atoms with Gasteiger partial charge in [-0.25, -0.2) is 14.5 Å². The molecule has 0 aliphatic carbocycles. The van der Waals surface area contributed by atoms with Crippen molar-refractivity contribution >= 4 is 17.6 Å². The maximum atomic E-state index is 12.4. The zero-order chi connectivity index (χ0) is 18.5. The fourth-order valence-electron chi connectivity index (χ4n) is 2.31. The molecule has 8 nitrogen and oxygen atoms in total. The van der Waals surface area contributed by atoms with Gasteiger partial charge in [-0.2, -0.15) is 5.10 Å². The van der Waals surface area contributed by atoms with E-state index >= 15 is 0 Å². The number of ether oxygens (including phenoxy) is 1. The predicted octanol–water partition coefficient (Wildman–Crippen LogP) is 2.29. The molecule has 0 radical (unpaired) electrons. The van der Waals surface area contributed by atoms with E-state index in [2.05, 4.69) is 15.4 Å². The number of amides is 1. The topological polar surface area (TPSA) is 106 Å². The number of carbonyl (C=O) groups excluding carboxylic acids is 1. The van der Waals surface area contributed by atoms with Crippen molar-refractivity contribution in [3.05, 3.63) is 66.2 Å². The molecule has 2 aromatic carbocycles. The van der Waals surface area contributed by atoms with E-state index in [0.717, 1.165) is 11.5 Å². The summed E-state index contributed by atoms with van der Waals surface area (Å²) in [5, 5.41) is 15.5. The van der Waals surface area contributed by atoms with Crippen LogP contribution in [0.1, 0.15) is 16.2 Å². The van der Waals surface area contributed by atoms with Gasteiger partial charge in [-0.1, -0.05) is 6.07 Å². The molecular weight excluding hydrogens is 336 g/mol. The minimum absolute atomic E-state index is 0.317. The minimum atomic E-state index is -1.08. The number of hydrogen-bond donors (Lipinski definition) is 2. The van der Waals surface area contributed by atoms with Gasteiger partial charge in [-0.05, 0) is 49.4 Å². The summed E-state index contributed by atoms with van der Waals surface area (Å²) in [6, 6.07) is 13.5. The molecule has 26 heavy (non-hydrogen) atoms. The van der Waals surface area contributed by atoms with Crippen LogP contribution < -0.4 is 10.1 Å². The third kappa shape index (κ3) is 4.04. The molecule has 0 aliphatic rings. The maximum absolute atomic E-state index is 12.4. The number of aliphatic carboxylic acids is 1. The van der Waals surface area contributed by atoms with Crippen LogP contribution in [0.3, 0.4) is 0 Å². The van der Waals surface area contributed by atoms with Gasteiger partial charge < -0.3 is 15.2 Å². The number of aromatic nitrogens is 3. The van der Waals surface area contributed by atoms with Crippen molar-refractivity contribution in [2.45, 2.75) is 6.92 Å². The van der Waals surface area contributed by atoms with E-state index < -0.39 is 12.6 Å². The fourth-order valence-corrected chi connectivity index (χ4v) is 2.31. The molecule has 8 heteroatoms. The molecule has 0 aliphatic heterocycles. The van der Waals surface area contributed by atoms with E-state index in [4.69, 9.17) is 9.84 Å². The average Bonchev–Trinajstić information content (AvgIpc) is 3.07. The molecule has 0 fully saturated rings. The summed E-state index contributed by atoms with van der Waals surface area (Å²) in [6.45, 7) is 1.39. The van der Waals surface area contributed by atoms with E-state index in [-0.39, 0.29) is 5.91 Å². The lowest BCUT2D eigenvalue weighted by Gasteiger charge is -2.09. The van der Waals surface area contributed by atoms with Crippen LogP contribution in [0.5, 0.6) is 5.75 Å². The first-order chi connectivity index (χ1) is 12.5. The van der Waals surface area contributed by atoms with Crippen molar-refractivity contribution in [1.29, 1.82) is 0 Å². The predicted molar refractivity (Wildman–Crippen MR) is 93.6 cm³/mol. The van der Waals surface area contributed by atoms with Crippen molar-refractivity contribution in [3.8, 4) is 11.4 Å². The summed E-state index contributed by atoms with van der Waals surface area (Å²) < 4.78 is 6.77. The summed E-state index contributed by atoms with van der Waals surface area (Å²) in [5.74, 6) is -0.324.